The molecule has 0 bridgehead atoms. The van der Waals surface area contributed by atoms with Crippen LogP contribution in [0.1, 0.15) is 6.42 Å². The van der Waals surface area contributed by atoms with Crippen molar-refractivity contribution in [2.75, 3.05) is 6.61 Å². The fourth-order valence-corrected chi connectivity index (χ4v) is 1.78. The van der Waals surface area contributed by atoms with Gasteiger partial charge in [-0.1, -0.05) is 6.08 Å². The molecule has 0 atom stereocenters. The molecule has 1 rings (SSSR count). The Morgan fingerprint density at radius 2 is 2.06 bits per heavy atom. The van der Waals surface area contributed by atoms with Crippen LogP contribution in [0.3, 0.4) is 0 Å². The molecule has 0 heterocycles. The van der Waals surface area contributed by atoms with Gasteiger partial charge < -0.3 is 9.84 Å². The van der Waals surface area contributed by atoms with E-state index in [0.29, 0.717) is 0 Å². The van der Waals surface area contributed by atoms with Gasteiger partial charge in [0, 0.05) is 6.42 Å². The number of aliphatic carboxylic acids is 1. The molecule has 0 saturated carbocycles. The van der Waals surface area contributed by atoms with Gasteiger partial charge in [-0.25, -0.2) is 4.79 Å². The van der Waals surface area contributed by atoms with E-state index >= 15 is 0 Å². The van der Waals surface area contributed by atoms with E-state index in [4.69, 9.17) is 5.11 Å². The zero-order valence-electron chi connectivity index (χ0n) is 8.69. The normalized spacial score (nSPS) is 15.8. The first-order valence-electron chi connectivity index (χ1n) is 4.51. The maximum atomic E-state index is 12.0. The van der Waals surface area contributed by atoms with Crippen LogP contribution in [0.15, 0.2) is 23.5 Å². The maximum absolute atomic E-state index is 12.0. The predicted molar refractivity (Wildman–Crippen MR) is 54.4 cm³/mol. The van der Waals surface area contributed by atoms with Gasteiger partial charge in [0.25, 0.3) is 0 Å². The van der Waals surface area contributed by atoms with E-state index in [0.717, 1.165) is 6.08 Å². The molecule has 0 unspecified atom stereocenters. The van der Waals surface area contributed by atoms with Crippen LogP contribution >= 0.6 is 0 Å². The molecule has 100 valence electrons. The Morgan fingerprint density at radius 3 is 2.50 bits per heavy atom. The molecule has 1 aliphatic rings. The summed E-state index contributed by atoms with van der Waals surface area (Å²) >= 11 is 0. The summed E-state index contributed by atoms with van der Waals surface area (Å²) in [4.78, 5) is 10.3. The SMILES string of the molecule is O=C(O)C1=C(OCC(F)(F)F)C(=S(=O)=O)CC=C1. The Morgan fingerprint density at radius 1 is 1.44 bits per heavy atom. The maximum Gasteiger partial charge on any atom is 0.422 e. The van der Waals surface area contributed by atoms with Crippen molar-refractivity contribution in [3.8, 4) is 0 Å². The lowest BCUT2D eigenvalue weighted by atomic mass is 10.1. The topological polar surface area (TPSA) is 80.7 Å². The van der Waals surface area contributed by atoms with Gasteiger partial charge >= 0.3 is 12.1 Å². The molecule has 0 aromatic carbocycles. The summed E-state index contributed by atoms with van der Waals surface area (Å²) < 4.78 is 61.9. The molecule has 0 aliphatic heterocycles. The van der Waals surface area contributed by atoms with E-state index in [9.17, 15) is 26.4 Å². The molecule has 1 aliphatic carbocycles. The van der Waals surface area contributed by atoms with E-state index in [2.05, 4.69) is 4.74 Å². The standard InChI is InChI=1S/C9H7F3O5S/c10-9(11,12)4-17-7-5(8(13)14)2-1-3-6(7)18(15)16/h1-2H,3-4H2,(H,13,14). The van der Waals surface area contributed by atoms with Crippen LogP contribution in [0, 0.1) is 0 Å². The third-order valence-corrected chi connectivity index (χ3v) is 2.65. The number of rotatable bonds is 3. The first-order chi connectivity index (χ1) is 8.22. The van der Waals surface area contributed by atoms with Gasteiger partial charge in [-0.2, -0.15) is 21.6 Å². The van der Waals surface area contributed by atoms with Gasteiger partial charge in [0.15, 0.2) is 12.4 Å². The van der Waals surface area contributed by atoms with Crippen LogP contribution in [0.2, 0.25) is 0 Å². The van der Waals surface area contributed by atoms with Crippen molar-refractivity contribution >= 4 is 21.1 Å². The van der Waals surface area contributed by atoms with Crippen LogP contribution in [-0.4, -0.2) is 37.1 Å². The van der Waals surface area contributed by atoms with E-state index in [1.54, 1.807) is 0 Å². The summed E-state index contributed by atoms with van der Waals surface area (Å²) in [6.07, 6.45) is -2.67. The van der Waals surface area contributed by atoms with E-state index in [1.165, 1.54) is 6.08 Å². The van der Waals surface area contributed by atoms with Gasteiger partial charge in [0.1, 0.15) is 10.4 Å². The second kappa shape index (κ2) is 5.25. The molecule has 18 heavy (non-hydrogen) atoms. The fourth-order valence-electron chi connectivity index (χ4n) is 1.23. The zero-order valence-corrected chi connectivity index (χ0v) is 9.51. The number of allylic oxidation sites excluding steroid dienone is 2. The number of halogens is 3. The Kier molecular flexibility index (Phi) is 4.17. The largest absolute Gasteiger partial charge is 0.482 e. The third kappa shape index (κ3) is 3.62. The quantitative estimate of drug-likeness (QED) is 0.779. The van der Waals surface area contributed by atoms with Gasteiger partial charge in [0.05, 0.1) is 0 Å². The Balaban J connectivity index is 3.21. The summed E-state index contributed by atoms with van der Waals surface area (Å²) in [5, 5.41) is 8.75. The predicted octanol–water partition coefficient (Wildman–Crippen LogP) is 0.915. The molecular weight excluding hydrogens is 277 g/mol. The second-order valence-corrected chi connectivity index (χ2v) is 4.18. The van der Waals surface area contributed by atoms with Crippen molar-refractivity contribution in [1.29, 1.82) is 0 Å². The van der Waals surface area contributed by atoms with Crippen LogP contribution in [-0.2, 0) is 19.8 Å². The van der Waals surface area contributed by atoms with E-state index in [1.807, 2.05) is 0 Å². The lowest BCUT2D eigenvalue weighted by Crippen LogP contribution is -2.23. The highest BCUT2D eigenvalue weighted by molar-refractivity contribution is 7.73. The van der Waals surface area contributed by atoms with Crippen molar-refractivity contribution in [3.05, 3.63) is 23.5 Å². The molecule has 0 saturated heterocycles. The Labute approximate surface area is 101 Å². The second-order valence-electron chi connectivity index (χ2n) is 3.22. The van der Waals surface area contributed by atoms with Crippen molar-refractivity contribution in [3.63, 3.8) is 0 Å². The van der Waals surface area contributed by atoms with Crippen LogP contribution in [0.25, 0.3) is 0 Å². The molecule has 9 heteroatoms. The Bertz CT molecular complexity index is 545. The van der Waals surface area contributed by atoms with Crippen molar-refractivity contribution in [1.82, 2.24) is 0 Å². The Hall–Kier alpha value is -1.77. The van der Waals surface area contributed by atoms with Crippen LogP contribution in [0.4, 0.5) is 13.2 Å². The summed E-state index contributed by atoms with van der Waals surface area (Å²) in [6, 6.07) is 0. The zero-order chi connectivity index (χ0) is 13.9. The molecular formula is C9H7F3O5S. The number of ether oxygens (including phenoxy) is 1. The lowest BCUT2D eigenvalue weighted by molar-refractivity contribution is -0.163. The minimum atomic E-state index is -4.69. The minimum absolute atomic E-state index is 0.208. The van der Waals surface area contributed by atoms with Crippen LogP contribution in [0.5, 0.6) is 0 Å². The third-order valence-electron chi connectivity index (χ3n) is 1.90. The summed E-state index contributed by atoms with van der Waals surface area (Å²) in [6.45, 7) is -1.76. The fraction of sp³-hybridized carbons (Fsp3) is 0.333. The average Bonchev–Trinajstić information content (AvgIpc) is 2.24. The molecule has 1 N–H and O–H groups in total. The highest BCUT2D eigenvalue weighted by Gasteiger charge is 2.31. The van der Waals surface area contributed by atoms with Crippen molar-refractivity contribution < 1.29 is 36.2 Å². The number of carboxylic acid groups (broad SMARTS) is 1. The van der Waals surface area contributed by atoms with Gasteiger partial charge in [0.2, 0.25) is 10.3 Å². The van der Waals surface area contributed by atoms with Crippen molar-refractivity contribution in [2.24, 2.45) is 0 Å². The molecule has 0 fully saturated rings. The summed E-state index contributed by atoms with van der Waals surface area (Å²) in [5.74, 6) is -2.33. The number of hydrogen-bond donors (Lipinski definition) is 1. The number of carbonyl (C=O) groups is 1. The van der Waals surface area contributed by atoms with Crippen LogP contribution < -0.4 is 0 Å². The molecule has 5 nitrogen and oxygen atoms in total. The van der Waals surface area contributed by atoms with Gasteiger partial charge in [-0.05, 0) is 6.08 Å². The monoisotopic (exact) mass is 284 g/mol. The van der Waals surface area contributed by atoms with E-state index in [-0.39, 0.29) is 6.42 Å². The summed E-state index contributed by atoms with van der Waals surface area (Å²) in [7, 11) is -2.85. The smallest absolute Gasteiger partial charge is 0.422 e. The number of hydrogen-bond acceptors (Lipinski definition) is 4. The van der Waals surface area contributed by atoms with Crippen molar-refractivity contribution in [2.45, 2.75) is 12.6 Å². The minimum Gasteiger partial charge on any atom is -0.482 e. The number of carboxylic acids is 1. The highest BCUT2D eigenvalue weighted by Crippen LogP contribution is 2.22. The molecule has 0 spiro atoms. The molecule has 0 aromatic rings. The van der Waals surface area contributed by atoms with Gasteiger partial charge in [-0.15, -0.1) is 0 Å². The van der Waals surface area contributed by atoms with E-state index < -0.39 is 45.2 Å². The molecule has 0 amide bonds. The summed E-state index contributed by atoms with van der Waals surface area (Å²) in [5.41, 5.74) is -0.621. The molecule has 0 radical (unpaired) electrons. The molecule has 0 aromatic heterocycles. The number of alkyl halides is 3. The first kappa shape index (κ1) is 14.3. The first-order valence-corrected chi connectivity index (χ1v) is 5.59. The highest BCUT2D eigenvalue weighted by atomic mass is 32.2. The lowest BCUT2D eigenvalue weighted by Gasteiger charge is -2.16. The van der Waals surface area contributed by atoms with Gasteiger partial charge in [-0.3, -0.25) is 0 Å². The average molecular weight is 284 g/mol.